The highest BCUT2D eigenvalue weighted by molar-refractivity contribution is 8.26. The summed E-state index contributed by atoms with van der Waals surface area (Å²) >= 11 is 7.51. The number of hydrogen-bond acceptors (Lipinski definition) is 5. The SMILES string of the molecule is O=C(O)CN1C(=O)C(=Cc2ccc(F)c(-c3cccs3)c2)SC1=S. The van der Waals surface area contributed by atoms with E-state index in [-0.39, 0.29) is 10.1 Å². The van der Waals surface area contributed by atoms with Gasteiger partial charge in [-0.3, -0.25) is 14.5 Å². The van der Waals surface area contributed by atoms with Crippen molar-refractivity contribution in [3.63, 3.8) is 0 Å². The second-order valence-corrected chi connectivity index (χ2v) is 7.50. The predicted molar refractivity (Wildman–Crippen MR) is 97.2 cm³/mol. The summed E-state index contributed by atoms with van der Waals surface area (Å²) in [6, 6.07) is 8.22. The smallest absolute Gasteiger partial charge is 0.323 e. The molecule has 1 N–H and O–H groups in total. The highest BCUT2D eigenvalue weighted by atomic mass is 32.2. The fourth-order valence-electron chi connectivity index (χ4n) is 2.18. The van der Waals surface area contributed by atoms with Crippen LogP contribution in [-0.2, 0) is 9.59 Å². The Morgan fingerprint density at radius 1 is 1.38 bits per heavy atom. The Morgan fingerprint density at radius 3 is 2.83 bits per heavy atom. The van der Waals surface area contributed by atoms with Crippen molar-refractivity contribution >= 4 is 57.6 Å². The zero-order chi connectivity index (χ0) is 17.3. The Hall–Kier alpha value is -2.03. The Bertz CT molecular complexity index is 861. The lowest BCUT2D eigenvalue weighted by molar-refractivity contribution is -0.140. The fourth-order valence-corrected chi connectivity index (χ4v) is 4.18. The quantitative estimate of drug-likeness (QED) is 0.646. The van der Waals surface area contributed by atoms with Gasteiger partial charge in [-0.15, -0.1) is 11.3 Å². The van der Waals surface area contributed by atoms with E-state index in [4.69, 9.17) is 17.3 Å². The van der Waals surface area contributed by atoms with Crippen LogP contribution < -0.4 is 0 Å². The molecular weight excluding hydrogens is 369 g/mol. The monoisotopic (exact) mass is 379 g/mol. The number of thioether (sulfide) groups is 1. The van der Waals surface area contributed by atoms with Gasteiger partial charge in [0.25, 0.3) is 5.91 Å². The van der Waals surface area contributed by atoms with Crippen LogP contribution in [0.25, 0.3) is 16.5 Å². The van der Waals surface area contributed by atoms with Crippen LogP contribution in [0.5, 0.6) is 0 Å². The zero-order valence-corrected chi connectivity index (χ0v) is 14.5. The van der Waals surface area contributed by atoms with E-state index in [0.29, 0.717) is 16.0 Å². The van der Waals surface area contributed by atoms with Crippen molar-refractivity contribution in [1.82, 2.24) is 4.90 Å². The second kappa shape index (κ2) is 6.84. The van der Waals surface area contributed by atoms with Gasteiger partial charge in [0.1, 0.15) is 16.7 Å². The number of carbonyl (C=O) groups excluding carboxylic acids is 1. The number of carbonyl (C=O) groups is 2. The van der Waals surface area contributed by atoms with Gasteiger partial charge in [0.15, 0.2) is 0 Å². The van der Waals surface area contributed by atoms with E-state index >= 15 is 0 Å². The predicted octanol–water partition coefficient (Wildman–Crippen LogP) is 3.84. The lowest BCUT2D eigenvalue weighted by Gasteiger charge is -2.10. The molecule has 1 amide bonds. The van der Waals surface area contributed by atoms with E-state index in [1.807, 2.05) is 17.5 Å². The molecule has 8 heteroatoms. The maximum atomic E-state index is 14.0. The lowest BCUT2D eigenvalue weighted by atomic mass is 10.1. The largest absolute Gasteiger partial charge is 0.480 e. The number of halogens is 1. The Labute approximate surface area is 150 Å². The molecule has 1 saturated heterocycles. The summed E-state index contributed by atoms with van der Waals surface area (Å²) in [6.07, 6.45) is 1.59. The molecule has 1 aromatic heterocycles. The molecule has 1 fully saturated rings. The van der Waals surface area contributed by atoms with Gasteiger partial charge in [0.05, 0.1) is 4.91 Å². The molecule has 1 aliphatic rings. The van der Waals surface area contributed by atoms with Crippen molar-refractivity contribution in [2.75, 3.05) is 6.54 Å². The number of hydrogen-bond donors (Lipinski definition) is 1. The molecule has 0 saturated carbocycles. The Kier molecular flexibility index (Phi) is 4.79. The minimum absolute atomic E-state index is 0.203. The molecule has 3 rings (SSSR count). The second-order valence-electron chi connectivity index (χ2n) is 4.88. The summed E-state index contributed by atoms with van der Waals surface area (Å²) in [5.41, 5.74) is 1.11. The molecule has 0 atom stereocenters. The van der Waals surface area contributed by atoms with Crippen LogP contribution in [0.2, 0.25) is 0 Å². The molecule has 2 heterocycles. The highest BCUT2D eigenvalue weighted by Gasteiger charge is 2.33. The number of thiophene rings is 1. The third-order valence-corrected chi connectivity index (χ3v) is 5.52. The first kappa shape index (κ1) is 16.8. The van der Waals surface area contributed by atoms with Crippen molar-refractivity contribution < 1.29 is 19.1 Å². The molecule has 2 aromatic rings. The first-order chi connectivity index (χ1) is 11.5. The van der Waals surface area contributed by atoms with Gasteiger partial charge in [-0.2, -0.15) is 0 Å². The normalized spacial score (nSPS) is 16.2. The Balaban J connectivity index is 1.92. The molecule has 1 aliphatic heterocycles. The number of carboxylic acids is 1. The third kappa shape index (κ3) is 3.40. The summed E-state index contributed by atoms with van der Waals surface area (Å²) in [7, 11) is 0. The molecule has 122 valence electrons. The lowest BCUT2D eigenvalue weighted by Crippen LogP contribution is -2.33. The number of aliphatic carboxylic acids is 1. The van der Waals surface area contributed by atoms with Gasteiger partial charge in [-0.25, -0.2) is 4.39 Å². The molecule has 4 nitrogen and oxygen atoms in total. The van der Waals surface area contributed by atoms with Gasteiger partial charge in [-0.05, 0) is 35.2 Å². The van der Waals surface area contributed by atoms with E-state index in [1.165, 1.54) is 17.4 Å². The number of rotatable bonds is 4. The topological polar surface area (TPSA) is 57.6 Å². The van der Waals surface area contributed by atoms with Crippen molar-refractivity contribution in [3.8, 4) is 10.4 Å². The summed E-state index contributed by atoms with van der Waals surface area (Å²) in [6.45, 7) is -0.466. The molecule has 0 radical (unpaired) electrons. The minimum atomic E-state index is -1.13. The molecular formula is C16H10FNO3S3. The zero-order valence-electron chi connectivity index (χ0n) is 12.1. The van der Waals surface area contributed by atoms with Gasteiger partial charge in [-0.1, -0.05) is 36.1 Å². The number of benzene rings is 1. The van der Waals surface area contributed by atoms with E-state index in [2.05, 4.69) is 0 Å². The van der Waals surface area contributed by atoms with Crippen molar-refractivity contribution in [1.29, 1.82) is 0 Å². The molecule has 24 heavy (non-hydrogen) atoms. The summed E-state index contributed by atoms with van der Waals surface area (Å²) in [5, 5.41) is 10.7. The average Bonchev–Trinajstić information content (AvgIpc) is 3.14. The van der Waals surface area contributed by atoms with Gasteiger partial charge >= 0.3 is 5.97 Å². The minimum Gasteiger partial charge on any atom is -0.480 e. The van der Waals surface area contributed by atoms with Crippen LogP contribution in [0.15, 0.2) is 40.6 Å². The molecule has 0 unspecified atom stereocenters. The average molecular weight is 379 g/mol. The maximum Gasteiger partial charge on any atom is 0.323 e. The maximum absolute atomic E-state index is 14.0. The van der Waals surface area contributed by atoms with Crippen LogP contribution in [0.4, 0.5) is 4.39 Å². The van der Waals surface area contributed by atoms with Crippen LogP contribution >= 0.6 is 35.3 Å². The van der Waals surface area contributed by atoms with Gasteiger partial charge in [0, 0.05) is 10.4 Å². The molecule has 0 bridgehead atoms. The number of carboxylic acid groups (broad SMARTS) is 1. The van der Waals surface area contributed by atoms with Crippen LogP contribution in [0.1, 0.15) is 5.56 Å². The van der Waals surface area contributed by atoms with Crippen molar-refractivity contribution in [3.05, 3.63) is 52.0 Å². The van der Waals surface area contributed by atoms with Crippen LogP contribution in [-0.4, -0.2) is 32.7 Å². The fraction of sp³-hybridized carbons (Fsp3) is 0.0625. The summed E-state index contributed by atoms with van der Waals surface area (Å²) < 4.78 is 14.2. The van der Waals surface area contributed by atoms with E-state index in [1.54, 1.807) is 18.2 Å². The highest BCUT2D eigenvalue weighted by Crippen LogP contribution is 2.34. The van der Waals surface area contributed by atoms with Crippen molar-refractivity contribution in [2.45, 2.75) is 0 Å². The van der Waals surface area contributed by atoms with E-state index in [0.717, 1.165) is 21.5 Å². The first-order valence-corrected chi connectivity index (χ1v) is 8.87. The first-order valence-electron chi connectivity index (χ1n) is 6.76. The van der Waals surface area contributed by atoms with Crippen LogP contribution in [0, 0.1) is 5.82 Å². The summed E-state index contributed by atoms with van der Waals surface area (Å²) in [5.74, 6) is -1.92. The Morgan fingerprint density at radius 2 is 2.17 bits per heavy atom. The molecule has 0 spiro atoms. The van der Waals surface area contributed by atoms with Crippen LogP contribution in [0.3, 0.4) is 0 Å². The molecule has 1 aromatic carbocycles. The standard InChI is InChI=1S/C16H10FNO3S3/c17-11-4-3-9(6-10(11)12-2-1-5-23-12)7-13-15(21)18(8-14(19)20)16(22)24-13/h1-7H,8H2,(H,19,20). The molecule has 0 aliphatic carbocycles. The number of nitrogens with zero attached hydrogens (tertiary/aromatic N) is 1. The van der Waals surface area contributed by atoms with Gasteiger partial charge in [0.2, 0.25) is 0 Å². The number of amides is 1. The summed E-state index contributed by atoms with van der Waals surface area (Å²) in [4.78, 5) is 25.2. The third-order valence-electron chi connectivity index (χ3n) is 3.24. The van der Waals surface area contributed by atoms with Gasteiger partial charge < -0.3 is 5.11 Å². The van der Waals surface area contributed by atoms with E-state index < -0.39 is 18.4 Å². The number of thiocarbonyl (C=S) groups is 1. The van der Waals surface area contributed by atoms with Crippen molar-refractivity contribution in [2.24, 2.45) is 0 Å². The van der Waals surface area contributed by atoms with E-state index in [9.17, 15) is 14.0 Å².